The van der Waals surface area contributed by atoms with Gasteiger partial charge in [0.2, 0.25) is 0 Å². The molecule has 96 valence electrons. The Balaban J connectivity index is 1.91. The summed E-state index contributed by atoms with van der Waals surface area (Å²) in [6.45, 7) is 2.95. The molecular formula is C13H17N3O2. The number of aryl methyl sites for hydroxylation is 2. The van der Waals surface area contributed by atoms with E-state index in [1.54, 1.807) is 11.0 Å². The number of aromatic nitrogens is 1. The minimum atomic E-state index is -0.237. The quantitative estimate of drug-likeness (QED) is 0.729. The van der Waals surface area contributed by atoms with E-state index in [2.05, 4.69) is 10.3 Å². The van der Waals surface area contributed by atoms with Gasteiger partial charge in [-0.1, -0.05) is 0 Å². The first-order chi connectivity index (χ1) is 8.75. The van der Waals surface area contributed by atoms with Crippen molar-refractivity contribution in [2.75, 3.05) is 26.2 Å². The molecule has 0 spiro atoms. The van der Waals surface area contributed by atoms with Crippen LogP contribution >= 0.6 is 0 Å². The Labute approximate surface area is 105 Å². The summed E-state index contributed by atoms with van der Waals surface area (Å²) in [4.78, 5) is 28.9. The van der Waals surface area contributed by atoms with Crippen LogP contribution in [-0.2, 0) is 12.8 Å². The third kappa shape index (κ3) is 1.95. The third-order valence-corrected chi connectivity index (χ3v) is 3.72. The van der Waals surface area contributed by atoms with E-state index in [0.29, 0.717) is 18.7 Å². The number of nitrogens with one attached hydrogen (secondary N) is 2. The van der Waals surface area contributed by atoms with Gasteiger partial charge in [-0.05, 0) is 30.9 Å². The third-order valence-electron chi connectivity index (χ3n) is 3.72. The minimum Gasteiger partial charge on any atom is -0.336 e. The van der Waals surface area contributed by atoms with Crippen LogP contribution in [0.25, 0.3) is 0 Å². The van der Waals surface area contributed by atoms with Gasteiger partial charge in [-0.2, -0.15) is 0 Å². The van der Waals surface area contributed by atoms with Gasteiger partial charge < -0.3 is 15.2 Å². The van der Waals surface area contributed by atoms with Gasteiger partial charge in [-0.15, -0.1) is 0 Å². The summed E-state index contributed by atoms with van der Waals surface area (Å²) in [7, 11) is 0. The molecule has 5 heteroatoms. The lowest BCUT2D eigenvalue weighted by molar-refractivity contribution is 0.0734. The number of hydrogen-bond donors (Lipinski definition) is 2. The van der Waals surface area contributed by atoms with Gasteiger partial charge in [0.05, 0.1) is 0 Å². The van der Waals surface area contributed by atoms with Gasteiger partial charge in [0.15, 0.2) is 0 Å². The highest BCUT2D eigenvalue weighted by Crippen LogP contribution is 2.19. The van der Waals surface area contributed by atoms with E-state index in [4.69, 9.17) is 0 Å². The second kappa shape index (κ2) is 4.57. The van der Waals surface area contributed by atoms with Crippen molar-refractivity contribution in [3.63, 3.8) is 0 Å². The van der Waals surface area contributed by atoms with Crippen LogP contribution in [0.5, 0.6) is 0 Å². The van der Waals surface area contributed by atoms with Crippen molar-refractivity contribution in [1.82, 2.24) is 15.2 Å². The first-order valence-electron chi connectivity index (χ1n) is 6.51. The number of carbonyl (C=O) groups excluding carboxylic acids is 1. The monoisotopic (exact) mass is 247 g/mol. The van der Waals surface area contributed by atoms with Crippen LogP contribution in [0.2, 0.25) is 0 Å². The highest BCUT2D eigenvalue weighted by Gasteiger charge is 2.23. The number of nitrogens with zero attached hydrogens (tertiary/aromatic N) is 1. The predicted octanol–water partition coefficient (Wildman–Crippen LogP) is -0.0910. The fourth-order valence-electron chi connectivity index (χ4n) is 2.71. The lowest BCUT2D eigenvalue weighted by Crippen LogP contribution is -2.47. The summed E-state index contributed by atoms with van der Waals surface area (Å²) in [6.07, 6.45) is 2.96. The first-order valence-corrected chi connectivity index (χ1v) is 6.51. The average molecular weight is 247 g/mol. The average Bonchev–Trinajstić information content (AvgIpc) is 2.85. The molecule has 3 rings (SSSR count). The van der Waals surface area contributed by atoms with Crippen LogP contribution in [-0.4, -0.2) is 42.0 Å². The molecular weight excluding hydrogens is 230 g/mol. The van der Waals surface area contributed by atoms with Gasteiger partial charge in [0.1, 0.15) is 5.56 Å². The topological polar surface area (TPSA) is 65.2 Å². The summed E-state index contributed by atoms with van der Waals surface area (Å²) >= 11 is 0. The highest BCUT2D eigenvalue weighted by molar-refractivity contribution is 5.94. The molecule has 1 saturated heterocycles. The zero-order chi connectivity index (χ0) is 12.5. The number of pyridine rings is 1. The maximum Gasteiger partial charge on any atom is 0.261 e. The summed E-state index contributed by atoms with van der Waals surface area (Å²) in [5, 5.41) is 3.20. The molecule has 2 heterocycles. The minimum absolute atomic E-state index is 0.132. The van der Waals surface area contributed by atoms with E-state index in [0.717, 1.165) is 43.6 Å². The highest BCUT2D eigenvalue weighted by atomic mass is 16.2. The molecule has 0 saturated carbocycles. The summed E-state index contributed by atoms with van der Waals surface area (Å²) < 4.78 is 0. The van der Waals surface area contributed by atoms with Gasteiger partial charge in [0, 0.05) is 31.9 Å². The SMILES string of the molecule is O=C(c1cc2c([nH]c1=O)CCC2)N1CCNCC1. The second-order valence-electron chi connectivity index (χ2n) is 4.91. The lowest BCUT2D eigenvalue weighted by Gasteiger charge is -2.27. The molecule has 1 aliphatic heterocycles. The van der Waals surface area contributed by atoms with Crippen molar-refractivity contribution < 1.29 is 4.79 Å². The molecule has 1 aliphatic carbocycles. The molecule has 0 unspecified atom stereocenters. The fraction of sp³-hybridized carbons (Fsp3) is 0.538. The number of amides is 1. The Morgan fingerprint density at radius 3 is 2.78 bits per heavy atom. The van der Waals surface area contributed by atoms with Crippen molar-refractivity contribution in [2.24, 2.45) is 0 Å². The normalized spacial score (nSPS) is 18.8. The number of H-pyrrole nitrogens is 1. The van der Waals surface area contributed by atoms with Gasteiger partial charge in [-0.25, -0.2) is 0 Å². The number of carbonyl (C=O) groups is 1. The molecule has 2 N–H and O–H groups in total. The molecule has 1 fully saturated rings. The van der Waals surface area contributed by atoms with Gasteiger partial charge in [0.25, 0.3) is 11.5 Å². The lowest BCUT2D eigenvalue weighted by atomic mass is 10.1. The number of piperazine rings is 1. The largest absolute Gasteiger partial charge is 0.336 e. The maximum absolute atomic E-state index is 12.3. The Bertz CT molecular complexity index is 530. The maximum atomic E-state index is 12.3. The van der Waals surface area contributed by atoms with Crippen molar-refractivity contribution >= 4 is 5.91 Å². The van der Waals surface area contributed by atoms with E-state index in [1.807, 2.05) is 0 Å². The van der Waals surface area contributed by atoms with Crippen LogP contribution in [0.4, 0.5) is 0 Å². The van der Waals surface area contributed by atoms with Crippen LogP contribution in [0.3, 0.4) is 0 Å². The van der Waals surface area contributed by atoms with Crippen LogP contribution in [0.1, 0.15) is 28.0 Å². The van der Waals surface area contributed by atoms with Crippen molar-refractivity contribution in [3.05, 3.63) is 33.2 Å². The van der Waals surface area contributed by atoms with Crippen LogP contribution < -0.4 is 10.9 Å². The number of fused-ring (bicyclic) bond motifs is 1. The fourth-order valence-corrected chi connectivity index (χ4v) is 2.71. The van der Waals surface area contributed by atoms with E-state index >= 15 is 0 Å². The second-order valence-corrected chi connectivity index (χ2v) is 4.91. The molecule has 0 aromatic carbocycles. The Morgan fingerprint density at radius 1 is 1.22 bits per heavy atom. The Kier molecular flexibility index (Phi) is 2.91. The molecule has 2 aliphatic rings. The zero-order valence-electron chi connectivity index (χ0n) is 10.3. The molecule has 18 heavy (non-hydrogen) atoms. The van der Waals surface area contributed by atoms with E-state index in [9.17, 15) is 9.59 Å². The van der Waals surface area contributed by atoms with Crippen LogP contribution in [0, 0.1) is 0 Å². The zero-order valence-corrected chi connectivity index (χ0v) is 10.3. The summed E-state index contributed by atoms with van der Waals surface area (Å²) in [5.74, 6) is -0.132. The van der Waals surface area contributed by atoms with Crippen molar-refractivity contribution in [1.29, 1.82) is 0 Å². The van der Waals surface area contributed by atoms with E-state index in [1.165, 1.54) is 0 Å². The molecule has 1 aromatic rings. The molecule has 0 radical (unpaired) electrons. The summed E-state index contributed by atoms with van der Waals surface area (Å²) in [6, 6.07) is 1.80. The Hall–Kier alpha value is -1.62. The molecule has 1 amide bonds. The molecule has 0 atom stereocenters. The molecule has 5 nitrogen and oxygen atoms in total. The number of rotatable bonds is 1. The van der Waals surface area contributed by atoms with Crippen molar-refractivity contribution in [3.8, 4) is 0 Å². The smallest absolute Gasteiger partial charge is 0.261 e. The Morgan fingerprint density at radius 2 is 2.00 bits per heavy atom. The van der Waals surface area contributed by atoms with Gasteiger partial charge in [-0.3, -0.25) is 9.59 Å². The van der Waals surface area contributed by atoms with E-state index < -0.39 is 0 Å². The number of aromatic amines is 1. The standard InChI is InChI=1S/C13H17N3O2/c17-12-10(8-9-2-1-3-11(9)15-12)13(18)16-6-4-14-5-7-16/h8,14H,1-7H2,(H,15,17). The number of hydrogen-bond acceptors (Lipinski definition) is 3. The van der Waals surface area contributed by atoms with Crippen molar-refractivity contribution in [2.45, 2.75) is 19.3 Å². The predicted molar refractivity (Wildman–Crippen MR) is 67.9 cm³/mol. The van der Waals surface area contributed by atoms with Gasteiger partial charge >= 0.3 is 0 Å². The molecule has 1 aromatic heterocycles. The molecule has 0 bridgehead atoms. The van der Waals surface area contributed by atoms with E-state index in [-0.39, 0.29) is 11.5 Å². The summed E-state index contributed by atoms with van der Waals surface area (Å²) in [5.41, 5.74) is 2.21. The first kappa shape index (κ1) is 11.5. The van der Waals surface area contributed by atoms with Crippen LogP contribution in [0.15, 0.2) is 10.9 Å².